The first-order chi connectivity index (χ1) is 12.0. The van der Waals surface area contributed by atoms with Crippen molar-refractivity contribution >= 4 is 11.6 Å². The largest absolute Gasteiger partial charge is 0.350 e. The Balaban J connectivity index is 1.73. The zero-order chi connectivity index (χ0) is 17.8. The fraction of sp³-hybridized carbons (Fsp3) is 0.200. The minimum atomic E-state index is -0.312. The number of carbonyl (C=O) groups is 1. The lowest BCUT2D eigenvalue weighted by Crippen LogP contribution is -2.13. The molecule has 0 bridgehead atoms. The summed E-state index contributed by atoms with van der Waals surface area (Å²) in [6.07, 6.45) is 0. The lowest BCUT2D eigenvalue weighted by Gasteiger charge is -2.11. The average Bonchev–Trinajstić information content (AvgIpc) is 3.05. The summed E-state index contributed by atoms with van der Waals surface area (Å²) >= 11 is 0. The van der Waals surface area contributed by atoms with E-state index in [1.165, 1.54) is 5.56 Å². The van der Waals surface area contributed by atoms with Crippen LogP contribution in [0.15, 0.2) is 59.1 Å². The van der Waals surface area contributed by atoms with E-state index in [9.17, 15) is 4.79 Å². The maximum absolute atomic E-state index is 12.4. The van der Waals surface area contributed by atoms with Crippen LogP contribution in [0.3, 0.4) is 0 Å². The van der Waals surface area contributed by atoms with Crippen molar-refractivity contribution in [2.45, 2.75) is 13.5 Å². The molecular formula is C20H21N3O2. The van der Waals surface area contributed by atoms with Crippen LogP contribution in [0.4, 0.5) is 5.69 Å². The number of hydrogen-bond acceptors (Lipinski definition) is 4. The number of nitrogens with one attached hydrogen (secondary N) is 1. The summed E-state index contributed by atoms with van der Waals surface area (Å²) < 4.78 is 5.21. The summed E-state index contributed by atoms with van der Waals surface area (Å²) in [6.45, 7) is 2.83. The first-order valence-corrected chi connectivity index (χ1v) is 8.10. The number of aryl methyl sites for hydroxylation is 1. The highest BCUT2D eigenvalue weighted by Crippen LogP contribution is 2.20. The third-order valence-electron chi connectivity index (χ3n) is 3.76. The molecule has 5 nitrogen and oxygen atoms in total. The lowest BCUT2D eigenvalue weighted by atomic mass is 10.1. The van der Waals surface area contributed by atoms with Crippen molar-refractivity contribution in [3.63, 3.8) is 0 Å². The van der Waals surface area contributed by atoms with Gasteiger partial charge in [0, 0.05) is 23.9 Å². The van der Waals surface area contributed by atoms with Crippen LogP contribution in [0, 0.1) is 6.92 Å². The Morgan fingerprint density at radius 2 is 1.88 bits per heavy atom. The molecule has 3 rings (SSSR count). The Kier molecular flexibility index (Phi) is 4.95. The van der Waals surface area contributed by atoms with Crippen molar-refractivity contribution in [2.75, 3.05) is 19.4 Å². The van der Waals surface area contributed by atoms with Gasteiger partial charge in [-0.15, -0.1) is 0 Å². The van der Waals surface area contributed by atoms with Gasteiger partial charge in [0.15, 0.2) is 0 Å². The van der Waals surface area contributed by atoms with Crippen LogP contribution in [-0.4, -0.2) is 30.1 Å². The van der Waals surface area contributed by atoms with Gasteiger partial charge >= 0.3 is 0 Å². The van der Waals surface area contributed by atoms with E-state index >= 15 is 0 Å². The fourth-order valence-corrected chi connectivity index (χ4v) is 2.55. The normalized spacial score (nSPS) is 10.9. The first-order valence-electron chi connectivity index (χ1n) is 8.10. The number of hydrogen-bond donors (Lipinski definition) is 1. The molecule has 0 aliphatic rings. The van der Waals surface area contributed by atoms with Crippen LogP contribution in [0.25, 0.3) is 11.3 Å². The second-order valence-corrected chi connectivity index (χ2v) is 6.33. The van der Waals surface area contributed by atoms with Crippen molar-refractivity contribution in [2.24, 2.45) is 0 Å². The second kappa shape index (κ2) is 7.32. The molecule has 0 saturated carbocycles. The molecule has 5 heteroatoms. The minimum absolute atomic E-state index is 0.189. The second-order valence-electron chi connectivity index (χ2n) is 6.33. The molecule has 1 heterocycles. The molecule has 0 saturated heterocycles. The Morgan fingerprint density at radius 3 is 2.60 bits per heavy atom. The third kappa shape index (κ3) is 4.33. The Labute approximate surface area is 147 Å². The molecule has 1 N–H and O–H groups in total. The Morgan fingerprint density at radius 1 is 1.12 bits per heavy atom. The van der Waals surface area contributed by atoms with Gasteiger partial charge in [-0.3, -0.25) is 4.79 Å². The van der Waals surface area contributed by atoms with Crippen molar-refractivity contribution in [3.05, 3.63) is 71.5 Å². The predicted octanol–water partition coefficient (Wildman–Crippen LogP) is 3.96. The summed E-state index contributed by atoms with van der Waals surface area (Å²) in [6, 6.07) is 17.3. The van der Waals surface area contributed by atoms with E-state index in [-0.39, 0.29) is 11.7 Å². The number of rotatable bonds is 5. The highest BCUT2D eigenvalue weighted by molar-refractivity contribution is 6.02. The smallest absolute Gasteiger partial charge is 0.294 e. The molecule has 0 aliphatic heterocycles. The maximum atomic E-state index is 12.4. The van der Waals surface area contributed by atoms with Crippen molar-refractivity contribution in [1.29, 1.82) is 0 Å². The fourth-order valence-electron chi connectivity index (χ4n) is 2.55. The van der Waals surface area contributed by atoms with Crippen LogP contribution in [0.1, 0.15) is 21.7 Å². The van der Waals surface area contributed by atoms with E-state index in [1.54, 1.807) is 6.07 Å². The van der Waals surface area contributed by atoms with E-state index in [2.05, 4.69) is 15.4 Å². The molecule has 0 unspecified atom stereocenters. The van der Waals surface area contributed by atoms with Gasteiger partial charge in [0.05, 0.1) is 0 Å². The van der Waals surface area contributed by atoms with Gasteiger partial charge in [-0.05, 0) is 38.7 Å². The molecule has 128 valence electrons. The standard InChI is InChI=1S/C20H21N3O2/c1-14-7-9-16(10-8-14)18-12-19(25-22-18)20(24)21-17-6-4-5-15(11-17)13-23(2)3/h4-12H,13H2,1-3H3,(H,21,24). The zero-order valence-corrected chi connectivity index (χ0v) is 14.6. The molecule has 0 fully saturated rings. The number of benzene rings is 2. The zero-order valence-electron chi connectivity index (χ0n) is 14.6. The molecule has 3 aromatic rings. The van der Waals surface area contributed by atoms with Gasteiger partial charge in [0.1, 0.15) is 5.69 Å². The number of aromatic nitrogens is 1. The molecule has 0 aliphatic carbocycles. The van der Waals surface area contributed by atoms with Crippen LogP contribution >= 0.6 is 0 Å². The Hall–Kier alpha value is -2.92. The molecule has 0 radical (unpaired) electrons. The summed E-state index contributed by atoms with van der Waals surface area (Å²) in [5.74, 6) is -0.124. The molecule has 2 aromatic carbocycles. The van der Waals surface area contributed by atoms with Gasteiger partial charge in [-0.25, -0.2) is 0 Å². The number of nitrogens with zero attached hydrogens (tertiary/aromatic N) is 2. The van der Waals surface area contributed by atoms with Gasteiger partial charge in [-0.2, -0.15) is 0 Å². The molecule has 25 heavy (non-hydrogen) atoms. The van der Waals surface area contributed by atoms with E-state index in [4.69, 9.17) is 4.52 Å². The van der Waals surface area contributed by atoms with Crippen LogP contribution in [0.2, 0.25) is 0 Å². The highest BCUT2D eigenvalue weighted by Gasteiger charge is 2.14. The van der Waals surface area contributed by atoms with E-state index in [0.29, 0.717) is 5.69 Å². The predicted molar refractivity (Wildman–Crippen MR) is 98.5 cm³/mol. The minimum Gasteiger partial charge on any atom is -0.350 e. The van der Waals surface area contributed by atoms with E-state index in [1.807, 2.05) is 69.6 Å². The van der Waals surface area contributed by atoms with E-state index in [0.717, 1.165) is 23.4 Å². The maximum Gasteiger partial charge on any atom is 0.294 e. The third-order valence-corrected chi connectivity index (χ3v) is 3.76. The Bertz CT molecular complexity index is 867. The summed E-state index contributed by atoms with van der Waals surface area (Å²) in [7, 11) is 4.01. The van der Waals surface area contributed by atoms with Crippen molar-refractivity contribution in [1.82, 2.24) is 10.1 Å². The van der Waals surface area contributed by atoms with Gasteiger partial charge in [-0.1, -0.05) is 47.1 Å². The summed E-state index contributed by atoms with van der Waals surface area (Å²) in [4.78, 5) is 14.5. The van der Waals surface area contributed by atoms with Gasteiger partial charge in [0.25, 0.3) is 5.91 Å². The van der Waals surface area contributed by atoms with Crippen LogP contribution < -0.4 is 5.32 Å². The molecule has 1 aromatic heterocycles. The number of carbonyl (C=O) groups excluding carboxylic acids is 1. The molecule has 1 amide bonds. The van der Waals surface area contributed by atoms with Crippen molar-refractivity contribution in [3.8, 4) is 11.3 Å². The van der Waals surface area contributed by atoms with Crippen LogP contribution in [0.5, 0.6) is 0 Å². The van der Waals surface area contributed by atoms with Gasteiger partial charge in [0.2, 0.25) is 5.76 Å². The van der Waals surface area contributed by atoms with Gasteiger partial charge < -0.3 is 14.7 Å². The topological polar surface area (TPSA) is 58.4 Å². The molecule has 0 spiro atoms. The summed E-state index contributed by atoms with van der Waals surface area (Å²) in [5.41, 5.74) is 4.59. The first kappa shape index (κ1) is 16.9. The number of anilines is 1. The quantitative estimate of drug-likeness (QED) is 0.766. The summed E-state index contributed by atoms with van der Waals surface area (Å²) in [5, 5.41) is 6.85. The number of amides is 1. The monoisotopic (exact) mass is 335 g/mol. The molecular weight excluding hydrogens is 314 g/mol. The van der Waals surface area contributed by atoms with Crippen LogP contribution in [-0.2, 0) is 6.54 Å². The average molecular weight is 335 g/mol. The highest BCUT2D eigenvalue weighted by atomic mass is 16.5. The lowest BCUT2D eigenvalue weighted by molar-refractivity contribution is 0.0988. The molecule has 0 atom stereocenters. The SMILES string of the molecule is Cc1ccc(-c2cc(C(=O)Nc3cccc(CN(C)C)c3)on2)cc1. The van der Waals surface area contributed by atoms with E-state index < -0.39 is 0 Å². The van der Waals surface area contributed by atoms with Crippen molar-refractivity contribution < 1.29 is 9.32 Å².